The number of nitrogen functional groups attached to an aromatic ring is 1. The molecule has 1 aromatic heterocycles. The van der Waals surface area contributed by atoms with Crippen molar-refractivity contribution >= 4 is 17.3 Å². The molecule has 2 saturated heterocycles. The van der Waals surface area contributed by atoms with Gasteiger partial charge in [-0.2, -0.15) is 0 Å². The van der Waals surface area contributed by atoms with E-state index in [1.165, 1.54) is 45.3 Å². The van der Waals surface area contributed by atoms with Gasteiger partial charge in [-0.3, -0.25) is 10.3 Å². The van der Waals surface area contributed by atoms with Gasteiger partial charge in [0.1, 0.15) is 29.5 Å². The lowest BCUT2D eigenvalue weighted by Crippen LogP contribution is -2.68. The third kappa shape index (κ3) is 4.91. The minimum atomic E-state index is 0.305. The molecule has 1 saturated carbocycles. The highest BCUT2D eigenvalue weighted by Gasteiger charge is 2.48. The van der Waals surface area contributed by atoms with Gasteiger partial charge in [0.25, 0.3) is 0 Å². The molecule has 3 aliphatic rings. The number of hydrogen-bond acceptors (Lipinski definition) is 8. The summed E-state index contributed by atoms with van der Waals surface area (Å²) in [6, 6.07) is 18.3. The molecule has 0 atom stereocenters. The number of ether oxygens (including phenoxy) is 1. The Balaban J connectivity index is 1.09. The first-order valence-corrected chi connectivity index (χ1v) is 13.2. The summed E-state index contributed by atoms with van der Waals surface area (Å²) in [6.45, 7) is 4.93. The molecule has 0 bridgehead atoms. The van der Waals surface area contributed by atoms with Crippen molar-refractivity contribution in [3.05, 3.63) is 72.1 Å². The third-order valence-corrected chi connectivity index (χ3v) is 8.27. The van der Waals surface area contributed by atoms with Gasteiger partial charge in [-0.05, 0) is 74.5 Å². The van der Waals surface area contributed by atoms with E-state index in [1.807, 2.05) is 54.6 Å². The summed E-state index contributed by atoms with van der Waals surface area (Å²) in [7, 11) is 2.20. The number of anilines is 2. The largest absolute Gasteiger partial charge is 0.457 e. The van der Waals surface area contributed by atoms with Gasteiger partial charge in [-0.15, -0.1) is 0 Å². The zero-order valence-corrected chi connectivity index (χ0v) is 21.4. The number of hydrogen-bond donors (Lipinski definition) is 3. The maximum absolute atomic E-state index is 8.91. The summed E-state index contributed by atoms with van der Waals surface area (Å²) < 4.78 is 5.89. The quantitative estimate of drug-likeness (QED) is 0.420. The average Bonchev–Trinajstić information content (AvgIpc) is 2.87. The van der Waals surface area contributed by atoms with Crippen molar-refractivity contribution in [1.82, 2.24) is 19.8 Å². The number of benzene rings is 2. The van der Waals surface area contributed by atoms with Crippen LogP contribution in [0.3, 0.4) is 0 Å². The fourth-order valence-electron chi connectivity index (χ4n) is 6.07. The van der Waals surface area contributed by atoms with Crippen molar-refractivity contribution in [3.8, 4) is 11.5 Å². The first-order valence-electron chi connectivity index (χ1n) is 13.2. The molecule has 8 heteroatoms. The minimum Gasteiger partial charge on any atom is -0.457 e. The van der Waals surface area contributed by atoms with Crippen LogP contribution in [0.4, 0.5) is 11.6 Å². The van der Waals surface area contributed by atoms with Crippen molar-refractivity contribution < 1.29 is 4.74 Å². The lowest BCUT2D eigenvalue weighted by molar-refractivity contribution is -0.0914. The fraction of sp³-hybridized carbons (Fsp3) is 0.414. The topological polar surface area (TPSA) is 103 Å². The van der Waals surface area contributed by atoms with E-state index in [-0.39, 0.29) is 0 Å². The predicted molar refractivity (Wildman–Crippen MR) is 147 cm³/mol. The van der Waals surface area contributed by atoms with Crippen LogP contribution >= 0.6 is 0 Å². The van der Waals surface area contributed by atoms with Gasteiger partial charge in [0.2, 0.25) is 0 Å². The van der Waals surface area contributed by atoms with Gasteiger partial charge < -0.3 is 20.7 Å². The first-order chi connectivity index (χ1) is 18.0. The summed E-state index contributed by atoms with van der Waals surface area (Å²) in [6.07, 6.45) is 6.18. The highest BCUT2D eigenvalue weighted by Crippen LogP contribution is 2.46. The summed E-state index contributed by atoms with van der Waals surface area (Å²) in [5.74, 6) is 2.46. The highest BCUT2D eigenvalue weighted by atomic mass is 16.5. The number of nitrogens with two attached hydrogens (primary N) is 1. The van der Waals surface area contributed by atoms with Crippen LogP contribution in [0.5, 0.6) is 11.5 Å². The van der Waals surface area contributed by atoms with Gasteiger partial charge in [0.05, 0.1) is 11.3 Å². The van der Waals surface area contributed by atoms with Gasteiger partial charge >= 0.3 is 0 Å². The van der Waals surface area contributed by atoms with E-state index in [0.29, 0.717) is 40.1 Å². The van der Waals surface area contributed by atoms with Gasteiger partial charge in [0.15, 0.2) is 0 Å². The van der Waals surface area contributed by atoms with E-state index in [9.17, 15) is 0 Å². The molecule has 6 rings (SSSR count). The van der Waals surface area contributed by atoms with Crippen LogP contribution in [0, 0.1) is 10.8 Å². The Hall–Kier alpha value is -3.49. The molecule has 0 radical (unpaired) electrons. The summed E-state index contributed by atoms with van der Waals surface area (Å²) in [5.41, 5.74) is 8.38. The Morgan fingerprint density at radius 2 is 1.68 bits per heavy atom. The Labute approximate surface area is 218 Å². The second-order valence-corrected chi connectivity index (χ2v) is 11.0. The normalized spacial score (nSPS) is 20.2. The molecule has 3 fully saturated rings. The number of aromatic nitrogens is 2. The van der Waals surface area contributed by atoms with Gasteiger partial charge in [-0.1, -0.05) is 18.2 Å². The second kappa shape index (κ2) is 9.76. The van der Waals surface area contributed by atoms with Crippen LogP contribution in [0.15, 0.2) is 60.9 Å². The monoisotopic (exact) mass is 497 g/mol. The Morgan fingerprint density at radius 3 is 2.35 bits per heavy atom. The lowest BCUT2D eigenvalue weighted by Gasteiger charge is -2.59. The molecule has 8 nitrogen and oxygen atoms in total. The maximum atomic E-state index is 8.91. The number of likely N-dealkylation sites (N-methyl/N-ethyl adjacent to an activating group) is 1. The Kier molecular flexibility index (Phi) is 6.30. The van der Waals surface area contributed by atoms with Crippen molar-refractivity contribution in [2.24, 2.45) is 5.41 Å². The molecular formula is C29H35N7O. The summed E-state index contributed by atoms with van der Waals surface area (Å²) in [5, 5.41) is 12.5. The fourth-order valence-corrected chi connectivity index (χ4v) is 6.07. The van der Waals surface area contributed by atoms with Gasteiger partial charge in [0, 0.05) is 43.8 Å². The molecule has 4 N–H and O–H groups in total. The van der Waals surface area contributed by atoms with Crippen LogP contribution in [0.2, 0.25) is 0 Å². The van der Waals surface area contributed by atoms with E-state index >= 15 is 0 Å². The average molecular weight is 498 g/mol. The molecule has 3 aromatic rings. The minimum absolute atomic E-state index is 0.305. The van der Waals surface area contributed by atoms with E-state index in [2.05, 4.69) is 32.1 Å². The molecule has 37 heavy (non-hydrogen) atoms. The zero-order valence-electron chi connectivity index (χ0n) is 21.4. The van der Waals surface area contributed by atoms with E-state index in [4.69, 9.17) is 15.9 Å². The molecule has 1 aliphatic carbocycles. The number of para-hydroxylation sites is 1. The van der Waals surface area contributed by atoms with Crippen molar-refractivity contribution in [2.45, 2.75) is 37.8 Å². The van der Waals surface area contributed by atoms with E-state index in [0.717, 1.165) is 30.2 Å². The SMILES string of the molecule is CN1CC(N2CC3(CCC(Nc4ncnc(N)c4C(=N)c4ccc(Oc5ccccc5)cc4)CC3)C2)C1. The van der Waals surface area contributed by atoms with Crippen LogP contribution < -0.4 is 15.8 Å². The maximum Gasteiger partial charge on any atom is 0.141 e. The first kappa shape index (κ1) is 23.9. The number of rotatable bonds is 7. The summed E-state index contributed by atoms with van der Waals surface area (Å²) >= 11 is 0. The van der Waals surface area contributed by atoms with Gasteiger partial charge in [-0.25, -0.2) is 9.97 Å². The van der Waals surface area contributed by atoms with E-state index < -0.39 is 0 Å². The highest BCUT2D eigenvalue weighted by molar-refractivity contribution is 6.16. The Morgan fingerprint density at radius 1 is 1.00 bits per heavy atom. The standard InChI is InChI=1S/C29H35N7O/c1-35-15-22(16-35)36-17-29(18-36)13-11-21(12-14-29)34-28-25(27(31)32-19-33-28)26(30)20-7-9-24(10-8-20)37-23-5-3-2-4-6-23/h2-10,19,21-22,30H,11-18H2,1H3,(H3,31,32,33,34). The molecule has 3 heterocycles. The molecule has 2 aliphatic heterocycles. The van der Waals surface area contributed by atoms with Crippen LogP contribution in [-0.4, -0.2) is 70.8 Å². The molecular weight excluding hydrogens is 462 g/mol. The summed E-state index contributed by atoms with van der Waals surface area (Å²) in [4.78, 5) is 13.8. The molecule has 1 spiro atoms. The zero-order chi connectivity index (χ0) is 25.4. The van der Waals surface area contributed by atoms with Crippen molar-refractivity contribution in [1.29, 1.82) is 5.41 Å². The van der Waals surface area contributed by atoms with Crippen molar-refractivity contribution in [2.75, 3.05) is 44.3 Å². The molecule has 192 valence electrons. The smallest absolute Gasteiger partial charge is 0.141 e. The molecule has 0 unspecified atom stereocenters. The second-order valence-electron chi connectivity index (χ2n) is 11.0. The molecule has 2 aromatic carbocycles. The van der Waals surface area contributed by atoms with E-state index in [1.54, 1.807) is 0 Å². The lowest BCUT2D eigenvalue weighted by atomic mass is 9.66. The third-order valence-electron chi connectivity index (χ3n) is 8.27. The Bertz CT molecular complexity index is 1240. The van der Waals surface area contributed by atoms with Crippen LogP contribution in [0.25, 0.3) is 0 Å². The number of nitrogens with one attached hydrogen (secondary N) is 2. The van der Waals surface area contributed by atoms with Crippen LogP contribution in [0.1, 0.15) is 36.8 Å². The number of nitrogens with zero attached hydrogens (tertiary/aromatic N) is 4. The van der Waals surface area contributed by atoms with Crippen LogP contribution in [-0.2, 0) is 0 Å². The predicted octanol–water partition coefficient (Wildman–Crippen LogP) is 4.24. The van der Waals surface area contributed by atoms with Crippen molar-refractivity contribution in [3.63, 3.8) is 0 Å². The number of likely N-dealkylation sites (tertiary alicyclic amines) is 2. The molecule has 0 amide bonds.